The summed E-state index contributed by atoms with van der Waals surface area (Å²) >= 11 is 1.41. The summed E-state index contributed by atoms with van der Waals surface area (Å²) in [5, 5.41) is 11.9. The summed E-state index contributed by atoms with van der Waals surface area (Å²) in [6.45, 7) is 4.66. The monoisotopic (exact) mass is 453 g/mol. The van der Waals surface area contributed by atoms with E-state index < -0.39 is 5.25 Å². The number of aryl methyl sites for hydroxylation is 1. The highest BCUT2D eigenvalue weighted by Crippen LogP contribution is 2.38. The van der Waals surface area contributed by atoms with E-state index in [1.807, 2.05) is 60.1 Å². The number of fused-ring (bicyclic) bond motifs is 1. The number of carbonyl (C=O) groups excluding carboxylic acids is 1. The molecule has 0 saturated heterocycles. The number of amides is 1. The number of carbonyl (C=O) groups is 1. The van der Waals surface area contributed by atoms with Crippen molar-refractivity contribution in [2.75, 3.05) is 24.5 Å². The number of hydrogen-bond acceptors (Lipinski definition) is 7. The van der Waals surface area contributed by atoms with Gasteiger partial charge in [0.1, 0.15) is 16.7 Å². The highest BCUT2D eigenvalue weighted by atomic mass is 32.2. The molecule has 0 saturated carbocycles. The van der Waals surface area contributed by atoms with Gasteiger partial charge in [-0.1, -0.05) is 30.8 Å². The van der Waals surface area contributed by atoms with Gasteiger partial charge in [-0.3, -0.25) is 4.79 Å². The molecule has 32 heavy (non-hydrogen) atoms. The molecule has 0 aliphatic carbocycles. The third-order valence-corrected chi connectivity index (χ3v) is 6.36. The molecule has 0 fully saturated rings. The molecular formula is C23H27N5O3S. The van der Waals surface area contributed by atoms with Crippen molar-refractivity contribution >= 4 is 23.4 Å². The number of aromatic nitrogens is 3. The predicted molar refractivity (Wildman–Crippen MR) is 125 cm³/mol. The van der Waals surface area contributed by atoms with Crippen LogP contribution in [-0.2, 0) is 11.2 Å². The molecule has 0 spiro atoms. The lowest BCUT2D eigenvalue weighted by molar-refractivity contribution is -0.116. The van der Waals surface area contributed by atoms with E-state index in [1.165, 1.54) is 11.8 Å². The van der Waals surface area contributed by atoms with Crippen LogP contribution in [0.15, 0.2) is 53.7 Å². The van der Waals surface area contributed by atoms with Gasteiger partial charge < -0.3 is 20.2 Å². The molecule has 1 amide bonds. The van der Waals surface area contributed by atoms with Gasteiger partial charge in [0, 0.05) is 12.1 Å². The van der Waals surface area contributed by atoms with Gasteiger partial charge in [-0.25, -0.2) is 4.68 Å². The standard InChI is InChI=1S/C23H27N5O3S/c1-4-6-19-25-26-23-28(19)27-20(15-7-11-18(12-8-15)31-5-2)21(32-23)22(29)24-16-9-13-17(30-3)14-10-16/h7-14,20-21,27H,4-6H2,1-3H3,(H,24,29)/t20-,21+/m0/s1. The molecule has 1 aliphatic heterocycles. The van der Waals surface area contributed by atoms with Crippen LogP contribution >= 0.6 is 11.8 Å². The van der Waals surface area contributed by atoms with Crippen LogP contribution in [-0.4, -0.2) is 39.7 Å². The average molecular weight is 454 g/mol. The Morgan fingerprint density at radius 2 is 1.81 bits per heavy atom. The minimum absolute atomic E-state index is 0.113. The summed E-state index contributed by atoms with van der Waals surface area (Å²) in [4.78, 5) is 13.3. The zero-order chi connectivity index (χ0) is 22.5. The lowest BCUT2D eigenvalue weighted by Gasteiger charge is -2.33. The number of nitrogens with zero attached hydrogens (tertiary/aromatic N) is 3. The molecule has 0 radical (unpaired) electrons. The first-order valence-electron chi connectivity index (χ1n) is 10.7. The Bertz CT molecular complexity index is 1050. The quantitative estimate of drug-likeness (QED) is 0.532. The van der Waals surface area contributed by atoms with Gasteiger partial charge in [0.05, 0.1) is 19.8 Å². The summed E-state index contributed by atoms with van der Waals surface area (Å²) in [5.74, 6) is 2.29. The van der Waals surface area contributed by atoms with Crippen LogP contribution in [0.3, 0.4) is 0 Å². The predicted octanol–water partition coefficient (Wildman–Crippen LogP) is 4.04. The molecule has 4 rings (SSSR count). The van der Waals surface area contributed by atoms with Gasteiger partial charge in [0.2, 0.25) is 11.1 Å². The fourth-order valence-corrected chi connectivity index (χ4v) is 4.66. The maximum absolute atomic E-state index is 13.3. The number of anilines is 1. The average Bonchev–Trinajstić information content (AvgIpc) is 3.21. The van der Waals surface area contributed by atoms with Crippen molar-refractivity contribution in [2.24, 2.45) is 0 Å². The van der Waals surface area contributed by atoms with Crippen molar-refractivity contribution in [1.82, 2.24) is 14.9 Å². The largest absolute Gasteiger partial charge is 0.497 e. The van der Waals surface area contributed by atoms with Crippen LogP contribution in [0.5, 0.6) is 11.5 Å². The Kier molecular flexibility index (Phi) is 6.84. The number of ether oxygens (including phenoxy) is 2. The summed E-state index contributed by atoms with van der Waals surface area (Å²) in [6, 6.07) is 14.9. The Labute approximate surface area is 191 Å². The van der Waals surface area contributed by atoms with Crippen LogP contribution in [0.4, 0.5) is 5.69 Å². The number of benzene rings is 2. The Morgan fingerprint density at radius 1 is 1.09 bits per heavy atom. The highest BCUT2D eigenvalue weighted by Gasteiger charge is 2.37. The normalized spacial score (nSPS) is 17.2. The fraction of sp³-hybridized carbons (Fsp3) is 0.348. The lowest BCUT2D eigenvalue weighted by atomic mass is 10.0. The molecule has 168 valence electrons. The van der Waals surface area contributed by atoms with Gasteiger partial charge in [0.15, 0.2) is 5.82 Å². The van der Waals surface area contributed by atoms with Crippen molar-refractivity contribution < 1.29 is 14.3 Å². The molecule has 3 aromatic rings. The number of thioether (sulfide) groups is 1. The van der Waals surface area contributed by atoms with Gasteiger partial charge in [-0.2, -0.15) is 0 Å². The Morgan fingerprint density at radius 3 is 2.47 bits per heavy atom. The molecule has 2 N–H and O–H groups in total. The second kappa shape index (κ2) is 9.95. The summed E-state index contributed by atoms with van der Waals surface area (Å²) < 4.78 is 12.7. The van der Waals surface area contributed by atoms with E-state index in [2.05, 4.69) is 27.9 Å². The first-order chi connectivity index (χ1) is 15.6. The van der Waals surface area contributed by atoms with E-state index in [1.54, 1.807) is 7.11 Å². The van der Waals surface area contributed by atoms with Crippen molar-refractivity contribution in [3.8, 4) is 11.5 Å². The Hall–Kier alpha value is -3.20. The molecule has 8 nitrogen and oxygen atoms in total. The Balaban J connectivity index is 1.62. The van der Waals surface area contributed by atoms with Crippen LogP contribution in [0.25, 0.3) is 0 Å². The van der Waals surface area contributed by atoms with E-state index in [4.69, 9.17) is 9.47 Å². The van der Waals surface area contributed by atoms with Crippen molar-refractivity contribution in [1.29, 1.82) is 0 Å². The van der Waals surface area contributed by atoms with Gasteiger partial charge in [-0.15, -0.1) is 10.2 Å². The minimum Gasteiger partial charge on any atom is -0.497 e. The number of hydrogen-bond donors (Lipinski definition) is 2. The number of methoxy groups -OCH3 is 1. The first kappa shape index (κ1) is 22.0. The molecule has 0 bridgehead atoms. The highest BCUT2D eigenvalue weighted by molar-refractivity contribution is 8.00. The van der Waals surface area contributed by atoms with Gasteiger partial charge in [0.25, 0.3) is 0 Å². The summed E-state index contributed by atoms with van der Waals surface area (Å²) in [6.07, 6.45) is 1.76. The second-order valence-electron chi connectivity index (χ2n) is 7.35. The lowest BCUT2D eigenvalue weighted by Crippen LogP contribution is -2.41. The van der Waals surface area contributed by atoms with E-state index in [0.29, 0.717) is 17.5 Å². The molecule has 2 aromatic carbocycles. The fourth-order valence-electron chi connectivity index (χ4n) is 3.56. The smallest absolute Gasteiger partial charge is 0.240 e. The summed E-state index contributed by atoms with van der Waals surface area (Å²) in [5.41, 5.74) is 5.18. The third kappa shape index (κ3) is 4.67. The summed E-state index contributed by atoms with van der Waals surface area (Å²) in [7, 11) is 1.61. The van der Waals surface area contributed by atoms with Crippen LogP contribution in [0.2, 0.25) is 0 Å². The first-order valence-corrected chi connectivity index (χ1v) is 11.6. The molecule has 1 aliphatic rings. The van der Waals surface area contributed by atoms with Crippen molar-refractivity contribution in [2.45, 2.75) is 43.1 Å². The second-order valence-corrected chi connectivity index (χ2v) is 8.46. The number of nitrogens with one attached hydrogen (secondary N) is 2. The third-order valence-electron chi connectivity index (χ3n) is 5.14. The number of rotatable bonds is 8. The molecule has 9 heteroatoms. The topological polar surface area (TPSA) is 90.3 Å². The van der Waals surface area contributed by atoms with E-state index in [0.717, 1.165) is 35.7 Å². The SMILES string of the molecule is CCCc1nnc2n1N[C@@H](c1ccc(OCC)cc1)[C@H](C(=O)Nc1ccc(OC)cc1)S2. The molecule has 1 aromatic heterocycles. The maximum atomic E-state index is 13.3. The molecule has 0 unspecified atom stereocenters. The van der Waals surface area contributed by atoms with Crippen molar-refractivity contribution in [3.05, 3.63) is 59.9 Å². The minimum atomic E-state index is -0.443. The van der Waals surface area contributed by atoms with Gasteiger partial charge >= 0.3 is 0 Å². The van der Waals surface area contributed by atoms with Crippen LogP contribution < -0.4 is 20.2 Å². The zero-order valence-electron chi connectivity index (χ0n) is 18.4. The van der Waals surface area contributed by atoms with Crippen molar-refractivity contribution in [3.63, 3.8) is 0 Å². The van der Waals surface area contributed by atoms with Gasteiger partial charge in [-0.05, 0) is 55.3 Å². The maximum Gasteiger partial charge on any atom is 0.240 e. The molecular weight excluding hydrogens is 426 g/mol. The molecule has 2 heterocycles. The van der Waals surface area contributed by atoms with E-state index in [-0.39, 0.29) is 11.9 Å². The van der Waals surface area contributed by atoms with E-state index in [9.17, 15) is 4.79 Å². The van der Waals surface area contributed by atoms with Crippen LogP contribution in [0.1, 0.15) is 37.7 Å². The van der Waals surface area contributed by atoms with E-state index >= 15 is 0 Å². The zero-order valence-corrected chi connectivity index (χ0v) is 19.2. The van der Waals surface area contributed by atoms with Crippen LogP contribution in [0, 0.1) is 0 Å². The molecule has 2 atom stereocenters.